The molecule has 0 amide bonds. The number of rotatable bonds is 4. The number of aromatic nitrogens is 4. The van der Waals surface area contributed by atoms with Crippen molar-refractivity contribution < 1.29 is 9.18 Å². The fourth-order valence-electron chi connectivity index (χ4n) is 2.27. The second-order valence-corrected chi connectivity index (χ2v) is 6.11. The van der Waals surface area contributed by atoms with Crippen LogP contribution in [0.2, 0.25) is 0 Å². The summed E-state index contributed by atoms with van der Waals surface area (Å²) in [5.74, 6) is -0.515. The molecule has 1 N–H and O–H groups in total. The number of carbonyl (C=O) groups is 1. The first-order chi connectivity index (χ1) is 11.4. The SMILES string of the molecule is Cn1c(SCC(=O)c2ccc(F)cc2)nc2c1c(=O)[nH]c(=O)n2C. The van der Waals surface area contributed by atoms with Crippen LogP contribution in [0.15, 0.2) is 39.0 Å². The van der Waals surface area contributed by atoms with Gasteiger partial charge in [-0.2, -0.15) is 0 Å². The van der Waals surface area contributed by atoms with Gasteiger partial charge in [-0.15, -0.1) is 0 Å². The zero-order valence-corrected chi connectivity index (χ0v) is 13.7. The number of aryl methyl sites for hydroxylation is 2. The Morgan fingerprint density at radius 3 is 2.54 bits per heavy atom. The van der Waals surface area contributed by atoms with E-state index in [4.69, 9.17) is 0 Å². The number of halogens is 1. The molecule has 0 fully saturated rings. The van der Waals surface area contributed by atoms with Crippen LogP contribution in [0.3, 0.4) is 0 Å². The maximum atomic E-state index is 12.9. The molecular weight excluding hydrogens is 335 g/mol. The molecule has 24 heavy (non-hydrogen) atoms. The second-order valence-electron chi connectivity index (χ2n) is 5.16. The summed E-state index contributed by atoms with van der Waals surface area (Å²) >= 11 is 1.14. The van der Waals surface area contributed by atoms with Crippen LogP contribution in [-0.4, -0.2) is 30.6 Å². The summed E-state index contributed by atoms with van der Waals surface area (Å²) in [5, 5.41) is 0.437. The quantitative estimate of drug-likeness (QED) is 0.563. The van der Waals surface area contributed by atoms with Gasteiger partial charge >= 0.3 is 5.69 Å². The molecule has 0 bridgehead atoms. The minimum Gasteiger partial charge on any atom is -0.316 e. The lowest BCUT2D eigenvalue weighted by Gasteiger charge is -2.02. The second kappa shape index (κ2) is 6.08. The Morgan fingerprint density at radius 1 is 1.21 bits per heavy atom. The van der Waals surface area contributed by atoms with Crippen molar-refractivity contribution in [2.24, 2.45) is 14.1 Å². The minimum absolute atomic E-state index is 0.0780. The maximum absolute atomic E-state index is 12.9. The number of carbonyl (C=O) groups excluding carboxylic acids is 1. The van der Waals surface area contributed by atoms with Gasteiger partial charge in [0.25, 0.3) is 5.56 Å². The van der Waals surface area contributed by atoms with Crippen LogP contribution in [0.5, 0.6) is 0 Å². The van der Waals surface area contributed by atoms with Crippen molar-refractivity contribution in [2.45, 2.75) is 5.16 Å². The van der Waals surface area contributed by atoms with Crippen molar-refractivity contribution in [3.8, 4) is 0 Å². The van der Waals surface area contributed by atoms with Crippen LogP contribution in [0.4, 0.5) is 4.39 Å². The van der Waals surface area contributed by atoms with Gasteiger partial charge in [0.2, 0.25) is 0 Å². The predicted octanol–water partition coefficient (Wildman–Crippen LogP) is 1.07. The number of thioether (sulfide) groups is 1. The van der Waals surface area contributed by atoms with Gasteiger partial charge in [0.1, 0.15) is 5.82 Å². The molecule has 124 valence electrons. The van der Waals surface area contributed by atoms with Gasteiger partial charge in [-0.3, -0.25) is 19.1 Å². The number of fused-ring (bicyclic) bond motifs is 1. The van der Waals surface area contributed by atoms with Gasteiger partial charge in [0.15, 0.2) is 22.1 Å². The molecule has 0 aliphatic heterocycles. The molecule has 0 saturated heterocycles. The first-order valence-corrected chi connectivity index (χ1v) is 7.94. The standard InChI is InChI=1S/C15H13FN4O3S/c1-19-11-12(20(2)14(23)18-13(11)22)17-15(19)24-7-10(21)8-3-5-9(16)6-4-8/h3-6H,7H2,1-2H3,(H,18,22,23). The monoisotopic (exact) mass is 348 g/mol. The summed E-state index contributed by atoms with van der Waals surface area (Å²) < 4.78 is 15.7. The third-order valence-corrected chi connectivity index (χ3v) is 4.62. The van der Waals surface area contributed by atoms with Gasteiger partial charge in [-0.05, 0) is 24.3 Å². The van der Waals surface area contributed by atoms with Crippen LogP contribution < -0.4 is 11.2 Å². The van der Waals surface area contributed by atoms with E-state index < -0.39 is 17.1 Å². The summed E-state index contributed by atoms with van der Waals surface area (Å²) in [6, 6.07) is 5.29. The molecule has 0 spiro atoms. The van der Waals surface area contributed by atoms with Gasteiger partial charge in [-0.25, -0.2) is 14.2 Å². The van der Waals surface area contributed by atoms with E-state index in [1.54, 1.807) is 7.05 Å². The van der Waals surface area contributed by atoms with E-state index in [2.05, 4.69) is 9.97 Å². The Balaban J connectivity index is 1.90. The predicted molar refractivity (Wildman–Crippen MR) is 88.0 cm³/mol. The molecule has 0 aliphatic rings. The number of ketones is 1. The van der Waals surface area contributed by atoms with E-state index in [1.165, 1.54) is 40.4 Å². The molecule has 9 heteroatoms. The molecule has 1 aromatic carbocycles. The molecule has 0 unspecified atom stereocenters. The fraction of sp³-hybridized carbons (Fsp3) is 0.200. The normalized spacial score (nSPS) is 11.1. The van der Waals surface area contributed by atoms with E-state index in [-0.39, 0.29) is 22.7 Å². The third kappa shape index (κ3) is 2.78. The zero-order valence-electron chi connectivity index (χ0n) is 12.9. The van der Waals surface area contributed by atoms with Crippen LogP contribution in [0.1, 0.15) is 10.4 Å². The average molecular weight is 348 g/mol. The number of Topliss-reactive ketones (excluding diaryl/α,β-unsaturated/α-hetero) is 1. The van der Waals surface area contributed by atoms with Crippen molar-refractivity contribution in [1.29, 1.82) is 0 Å². The highest BCUT2D eigenvalue weighted by molar-refractivity contribution is 7.99. The van der Waals surface area contributed by atoms with E-state index in [0.717, 1.165) is 11.8 Å². The lowest BCUT2D eigenvalue weighted by Crippen LogP contribution is -2.29. The topological polar surface area (TPSA) is 89.8 Å². The fourth-order valence-corrected chi connectivity index (χ4v) is 3.13. The Kier molecular flexibility index (Phi) is 4.10. The molecule has 0 aliphatic carbocycles. The van der Waals surface area contributed by atoms with E-state index in [1.807, 2.05) is 0 Å². The van der Waals surface area contributed by atoms with Crippen molar-refractivity contribution >= 4 is 28.7 Å². The lowest BCUT2D eigenvalue weighted by molar-refractivity contribution is 0.102. The summed E-state index contributed by atoms with van der Waals surface area (Å²) in [6.07, 6.45) is 0. The zero-order chi connectivity index (χ0) is 17.4. The minimum atomic E-state index is -0.551. The summed E-state index contributed by atoms with van der Waals surface area (Å²) in [4.78, 5) is 42.2. The van der Waals surface area contributed by atoms with Crippen LogP contribution in [0.25, 0.3) is 11.2 Å². The molecule has 0 radical (unpaired) electrons. The van der Waals surface area contributed by atoms with Gasteiger partial charge < -0.3 is 4.57 Å². The number of imidazole rings is 1. The number of nitrogens with one attached hydrogen (secondary N) is 1. The summed E-state index contributed by atoms with van der Waals surface area (Å²) in [7, 11) is 3.14. The Morgan fingerprint density at radius 2 is 1.88 bits per heavy atom. The molecule has 0 saturated carbocycles. The van der Waals surface area contributed by atoms with Crippen molar-refractivity contribution in [3.05, 3.63) is 56.5 Å². The maximum Gasteiger partial charge on any atom is 0.329 e. The van der Waals surface area contributed by atoms with Crippen LogP contribution in [-0.2, 0) is 14.1 Å². The van der Waals surface area contributed by atoms with E-state index in [0.29, 0.717) is 10.7 Å². The summed E-state index contributed by atoms with van der Waals surface area (Å²) in [6.45, 7) is 0. The van der Waals surface area contributed by atoms with Crippen molar-refractivity contribution in [1.82, 2.24) is 19.1 Å². The Labute approximate surface area is 139 Å². The highest BCUT2D eigenvalue weighted by Crippen LogP contribution is 2.21. The van der Waals surface area contributed by atoms with Gasteiger partial charge in [-0.1, -0.05) is 11.8 Å². The Bertz CT molecular complexity index is 1050. The van der Waals surface area contributed by atoms with Crippen LogP contribution in [0, 0.1) is 5.82 Å². The highest BCUT2D eigenvalue weighted by Gasteiger charge is 2.16. The van der Waals surface area contributed by atoms with E-state index >= 15 is 0 Å². The number of aromatic amines is 1. The third-order valence-electron chi connectivity index (χ3n) is 3.59. The molecule has 3 rings (SSSR count). The molecule has 2 heterocycles. The molecule has 2 aromatic heterocycles. The molecular formula is C15H13FN4O3S. The first kappa shape index (κ1) is 16.2. The van der Waals surface area contributed by atoms with Gasteiger partial charge in [0.05, 0.1) is 5.75 Å². The first-order valence-electron chi connectivity index (χ1n) is 6.96. The highest BCUT2D eigenvalue weighted by atomic mass is 32.2. The van der Waals surface area contributed by atoms with Crippen LogP contribution >= 0.6 is 11.8 Å². The number of nitrogens with zero attached hydrogens (tertiary/aromatic N) is 3. The molecule has 3 aromatic rings. The largest absolute Gasteiger partial charge is 0.329 e. The summed E-state index contributed by atoms with van der Waals surface area (Å²) in [5.41, 5.74) is -0.172. The number of H-pyrrole nitrogens is 1. The number of hydrogen-bond donors (Lipinski definition) is 1. The smallest absolute Gasteiger partial charge is 0.316 e. The number of hydrogen-bond acceptors (Lipinski definition) is 5. The van der Waals surface area contributed by atoms with E-state index in [9.17, 15) is 18.8 Å². The number of benzene rings is 1. The van der Waals surface area contributed by atoms with Crippen molar-refractivity contribution in [2.75, 3.05) is 5.75 Å². The Hall–Kier alpha value is -2.68. The lowest BCUT2D eigenvalue weighted by atomic mass is 10.1. The van der Waals surface area contributed by atoms with Gasteiger partial charge in [0, 0.05) is 19.7 Å². The van der Waals surface area contributed by atoms with Crippen molar-refractivity contribution in [3.63, 3.8) is 0 Å². The average Bonchev–Trinajstić information content (AvgIpc) is 2.88. The molecule has 7 nitrogen and oxygen atoms in total. The molecule has 0 atom stereocenters.